The minimum Gasteiger partial charge on any atom is -0.287 e. The quantitative estimate of drug-likeness (QED) is 0.500. The van der Waals surface area contributed by atoms with Crippen LogP contribution < -0.4 is 11.1 Å². The number of nitrogens with two attached hydrogens (primary N) is 2. The van der Waals surface area contributed by atoms with Crippen LogP contribution in [0.4, 0.5) is 4.39 Å². The molecule has 0 fully saturated rings. The molecule has 0 spiro atoms. The van der Waals surface area contributed by atoms with Gasteiger partial charge in [-0.05, 0) is 17.0 Å². The highest BCUT2D eigenvalue weighted by atomic mass is 19.1. The Kier molecular flexibility index (Phi) is 2.60. The fourth-order valence-corrected chi connectivity index (χ4v) is 1.33. The molecule has 0 amide bonds. The summed E-state index contributed by atoms with van der Waals surface area (Å²) in [7, 11) is 0. The highest BCUT2D eigenvalue weighted by molar-refractivity contribution is 5.93. The van der Waals surface area contributed by atoms with Gasteiger partial charge >= 0.3 is 0 Å². The van der Waals surface area contributed by atoms with Crippen molar-refractivity contribution in [3.05, 3.63) is 35.1 Å². The fourth-order valence-electron chi connectivity index (χ4n) is 1.33. The van der Waals surface area contributed by atoms with Crippen LogP contribution in [0.5, 0.6) is 0 Å². The monoisotopic (exact) mass is 195 g/mol. The third-order valence-electron chi connectivity index (χ3n) is 2.12. The maximum atomic E-state index is 13.8. The molecule has 4 N–H and O–H groups in total. The molecule has 0 aliphatic carbocycles. The van der Waals surface area contributed by atoms with Crippen LogP contribution in [0, 0.1) is 5.82 Å². The average Bonchev–Trinajstić information content (AvgIpc) is 2.01. The largest absolute Gasteiger partial charge is 0.287 e. The molecule has 0 aliphatic rings. The van der Waals surface area contributed by atoms with Crippen molar-refractivity contribution in [3.8, 4) is 0 Å². The van der Waals surface area contributed by atoms with Crippen LogP contribution >= 0.6 is 0 Å². The van der Waals surface area contributed by atoms with E-state index in [0.717, 1.165) is 0 Å². The lowest BCUT2D eigenvalue weighted by Crippen LogP contribution is -2.46. The molecule has 2 nitrogen and oxygen atoms in total. The first-order valence-corrected chi connectivity index (χ1v) is 4.51. The summed E-state index contributed by atoms with van der Waals surface area (Å²) in [5.41, 5.74) is 6.06. The number of halogens is 1. The van der Waals surface area contributed by atoms with Gasteiger partial charge in [0.2, 0.25) is 0 Å². The maximum absolute atomic E-state index is 13.8. The molecule has 76 valence electrons. The van der Waals surface area contributed by atoms with Crippen LogP contribution in [0.25, 0.3) is 0 Å². The van der Waals surface area contributed by atoms with Gasteiger partial charge in [-0.2, -0.15) is 0 Å². The minimum absolute atomic E-state index is 0.0219. The third-order valence-corrected chi connectivity index (χ3v) is 2.12. The summed E-state index contributed by atoms with van der Waals surface area (Å²) >= 11 is 0. The van der Waals surface area contributed by atoms with Crippen molar-refractivity contribution in [1.29, 1.82) is 0 Å². The van der Waals surface area contributed by atoms with Gasteiger partial charge in [-0.25, -0.2) is 4.39 Å². The summed E-state index contributed by atoms with van der Waals surface area (Å²) in [4.78, 5) is 0. The number of hydrogen-bond acceptors (Lipinski definition) is 0. The van der Waals surface area contributed by atoms with E-state index in [1.165, 1.54) is 0 Å². The van der Waals surface area contributed by atoms with Crippen LogP contribution in [0.2, 0.25) is 0 Å². The molecule has 0 unspecified atom stereocenters. The smallest absolute Gasteiger partial charge is 0.273 e. The van der Waals surface area contributed by atoms with Crippen molar-refractivity contribution in [2.45, 2.75) is 26.2 Å². The van der Waals surface area contributed by atoms with E-state index in [2.05, 4.69) is 0 Å². The molecule has 3 heteroatoms. The first-order chi connectivity index (χ1) is 6.34. The summed E-state index contributed by atoms with van der Waals surface area (Å²) < 4.78 is 13.8. The zero-order valence-corrected chi connectivity index (χ0v) is 8.76. The number of benzene rings is 1. The van der Waals surface area contributed by atoms with E-state index in [9.17, 15) is 4.39 Å². The summed E-state index contributed by atoms with van der Waals surface area (Å²) in [6, 6.07) is 5.10. The van der Waals surface area contributed by atoms with Gasteiger partial charge < -0.3 is 0 Å². The Balaban J connectivity index is 3.35. The highest BCUT2D eigenvalue weighted by Gasteiger charge is 2.22. The molecular formula is C11H16FN2+. The number of rotatable bonds is 1. The van der Waals surface area contributed by atoms with Crippen molar-refractivity contribution in [3.63, 3.8) is 0 Å². The van der Waals surface area contributed by atoms with Crippen molar-refractivity contribution in [1.82, 2.24) is 0 Å². The molecule has 0 atom stereocenters. The topological polar surface area (TPSA) is 51.6 Å². The molecule has 0 aliphatic heterocycles. The molecule has 1 aromatic carbocycles. The standard InChI is InChI=1S/C11H15FN2/c1-11(2,3)8-6-4-5-7(9(8)12)10(13)14/h4-6H,1-3H3,(H3,13,14)/p+1. The van der Waals surface area contributed by atoms with E-state index in [1.807, 2.05) is 20.8 Å². The SMILES string of the molecule is CC(C)(C)c1cccc(C(N)=[NH2+])c1F. The van der Waals surface area contributed by atoms with E-state index < -0.39 is 0 Å². The second kappa shape index (κ2) is 3.40. The third kappa shape index (κ3) is 1.92. The summed E-state index contributed by atoms with van der Waals surface area (Å²) in [6.45, 7) is 5.84. The van der Waals surface area contributed by atoms with E-state index in [-0.39, 0.29) is 22.6 Å². The van der Waals surface area contributed by atoms with Crippen LogP contribution in [0.1, 0.15) is 31.9 Å². The molecule has 0 bridgehead atoms. The first-order valence-electron chi connectivity index (χ1n) is 4.51. The predicted octanol–water partition coefficient (Wildman–Crippen LogP) is 0.588. The Morgan fingerprint density at radius 1 is 1.36 bits per heavy atom. The molecule has 0 radical (unpaired) electrons. The molecule has 1 aromatic rings. The van der Waals surface area contributed by atoms with E-state index in [0.29, 0.717) is 5.56 Å². The van der Waals surface area contributed by atoms with Gasteiger partial charge in [0, 0.05) is 0 Å². The Labute approximate surface area is 83.4 Å². The van der Waals surface area contributed by atoms with Crippen molar-refractivity contribution >= 4 is 5.84 Å². The summed E-state index contributed by atoms with van der Waals surface area (Å²) in [5.74, 6) is -0.298. The summed E-state index contributed by atoms with van der Waals surface area (Å²) in [6.07, 6.45) is 0. The molecule has 14 heavy (non-hydrogen) atoms. The number of amidine groups is 1. The van der Waals surface area contributed by atoms with Gasteiger partial charge in [0.25, 0.3) is 5.84 Å². The normalized spacial score (nSPS) is 11.4. The fraction of sp³-hybridized carbons (Fsp3) is 0.364. The van der Waals surface area contributed by atoms with Gasteiger partial charge in [-0.15, -0.1) is 0 Å². The van der Waals surface area contributed by atoms with Crippen LogP contribution in [0.15, 0.2) is 18.2 Å². The van der Waals surface area contributed by atoms with Crippen molar-refractivity contribution < 1.29 is 9.80 Å². The molecule has 0 heterocycles. The van der Waals surface area contributed by atoms with Gasteiger partial charge in [0.1, 0.15) is 5.82 Å². The van der Waals surface area contributed by atoms with E-state index in [4.69, 9.17) is 11.1 Å². The number of hydrogen-bond donors (Lipinski definition) is 2. The van der Waals surface area contributed by atoms with Gasteiger partial charge in [0.15, 0.2) is 0 Å². The van der Waals surface area contributed by atoms with Crippen LogP contribution in [0.3, 0.4) is 0 Å². The van der Waals surface area contributed by atoms with Gasteiger partial charge in [-0.1, -0.05) is 32.9 Å². The Morgan fingerprint density at radius 3 is 2.36 bits per heavy atom. The molecule has 1 rings (SSSR count). The second-order valence-electron chi connectivity index (χ2n) is 4.37. The molecule has 0 saturated carbocycles. The lowest BCUT2D eigenvalue weighted by molar-refractivity contribution is -0.114. The van der Waals surface area contributed by atoms with Crippen molar-refractivity contribution in [2.75, 3.05) is 0 Å². The van der Waals surface area contributed by atoms with E-state index >= 15 is 0 Å². The molecule has 0 saturated heterocycles. The Morgan fingerprint density at radius 2 is 1.93 bits per heavy atom. The van der Waals surface area contributed by atoms with E-state index in [1.54, 1.807) is 18.2 Å². The molecule has 0 aromatic heterocycles. The highest BCUT2D eigenvalue weighted by Crippen LogP contribution is 2.26. The van der Waals surface area contributed by atoms with Crippen LogP contribution in [-0.4, -0.2) is 5.84 Å². The van der Waals surface area contributed by atoms with Gasteiger partial charge in [-0.3, -0.25) is 11.1 Å². The lowest BCUT2D eigenvalue weighted by atomic mass is 9.85. The molecular weight excluding hydrogens is 179 g/mol. The lowest BCUT2D eigenvalue weighted by Gasteiger charge is -2.20. The Hall–Kier alpha value is -1.38. The maximum Gasteiger partial charge on any atom is 0.273 e. The average molecular weight is 195 g/mol. The van der Waals surface area contributed by atoms with Crippen molar-refractivity contribution in [2.24, 2.45) is 5.73 Å². The zero-order chi connectivity index (χ0) is 10.9. The zero-order valence-electron chi connectivity index (χ0n) is 8.76. The first kappa shape index (κ1) is 10.7. The minimum atomic E-state index is -0.319. The second-order valence-corrected chi connectivity index (χ2v) is 4.37. The summed E-state index contributed by atoms with van der Waals surface area (Å²) in [5, 5.41) is 5.38. The van der Waals surface area contributed by atoms with Gasteiger partial charge in [0.05, 0.1) is 5.56 Å². The van der Waals surface area contributed by atoms with Crippen LogP contribution in [-0.2, 0) is 5.41 Å². The predicted molar refractivity (Wildman–Crippen MR) is 55.3 cm³/mol. The Bertz CT molecular complexity index is 364.